The summed E-state index contributed by atoms with van der Waals surface area (Å²) < 4.78 is 16.6. The van der Waals surface area contributed by atoms with Crippen LogP contribution in [0.3, 0.4) is 0 Å². The van der Waals surface area contributed by atoms with Crippen molar-refractivity contribution in [3.05, 3.63) is 105 Å². The third kappa shape index (κ3) is 4.41. The van der Waals surface area contributed by atoms with Crippen molar-refractivity contribution in [3.63, 3.8) is 0 Å². The highest BCUT2D eigenvalue weighted by Crippen LogP contribution is 2.35. The van der Waals surface area contributed by atoms with E-state index in [9.17, 15) is 9.59 Å². The van der Waals surface area contributed by atoms with E-state index in [4.69, 9.17) is 36.8 Å². The molecule has 8 heteroatoms. The molecule has 0 unspecified atom stereocenters. The number of rotatable bonds is 5. The number of para-hydroxylation sites is 1. The topological polar surface area (TPSA) is 81.7 Å². The Morgan fingerprint density at radius 3 is 2.51 bits per heavy atom. The summed E-state index contributed by atoms with van der Waals surface area (Å²) in [5.74, 6) is 0.443. The van der Waals surface area contributed by atoms with Crippen LogP contribution in [0.4, 0.5) is 5.69 Å². The molecule has 0 aliphatic rings. The maximum Gasteiger partial charge on any atom is 0.344 e. The Balaban J connectivity index is 1.42. The van der Waals surface area contributed by atoms with Crippen LogP contribution < -0.4 is 15.7 Å². The van der Waals surface area contributed by atoms with Crippen LogP contribution in [0.15, 0.2) is 92.5 Å². The SMILES string of the molecule is COc1cc(NC(=O)c2ccc(-c3cccc(Cl)c3Cl)o2)ccc1-c1cc2ccccc2oc1=O. The molecule has 1 amide bonds. The smallest absolute Gasteiger partial charge is 0.344 e. The van der Waals surface area contributed by atoms with Crippen LogP contribution in [0, 0.1) is 0 Å². The molecular formula is C27H17Cl2NO5. The highest BCUT2D eigenvalue weighted by Gasteiger charge is 2.17. The van der Waals surface area contributed by atoms with Crippen LogP contribution in [0.5, 0.6) is 5.75 Å². The van der Waals surface area contributed by atoms with Crippen LogP contribution in [-0.4, -0.2) is 13.0 Å². The van der Waals surface area contributed by atoms with Gasteiger partial charge in [-0.15, -0.1) is 0 Å². The third-order valence-corrected chi connectivity index (χ3v) is 6.26. The Morgan fingerprint density at radius 2 is 1.69 bits per heavy atom. The average Bonchev–Trinajstić information content (AvgIpc) is 3.35. The van der Waals surface area contributed by atoms with Gasteiger partial charge in [0.1, 0.15) is 17.1 Å². The van der Waals surface area contributed by atoms with Crippen molar-refractivity contribution in [2.75, 3.05) is 12.4 Å². The van der Waals surface area contributed by atoms with Gasteiger partial charge in [-0.1, -0.05) is 47.5 Å². The molecule has 0 bridgehead atoms. The molecule has 5 aromatic rings. The zero-order valence-electron chi connectivity index (χ0n) is 18.3. The molecule has 0 atom stereocenters. The largest absolute Gasteiger partial charge is 0.496 e. The number of benzene rings is 3. The average molecular weight is 506 g/mol. The van der Waals surface area contributed by atoms with Crippen molar-refractivity contribution in [1.29, 1.82) is 0 Å². The first-order valence-electron chi connectivity index (χ1n) is 10.5. The number of hydrogen-bond donors (Lipinski definition) is 1. The minimum Gasteiger partial charge on any atom is -0.496 e. The lowest BCUT2D eigenvalue weighted by molar-refractivity contribution is 0.0997. The molecule has 0 fully saturated rings. The third-order valence-electron chi connectivity index (χ3n) is 5.44. The summed E-state index contributed by atoms with van der Waals surface area (Å²) in [6.45, 7) is 0. The Labute approximate surface area is 209 Å². The monoisotopic (exact) mass is 505 g/mol. The van der Waals surface area contributed by atoms with Crippen molar-refractivity contribution in [2.45, 2.75) is 0 Å². The number of carbonyl (C=O) groups excluding carboxylic acids is 1. The van der Waals surface area contributed by atoms with Gasteiger partial charge in [-0.2, -0.15) is 0 Å². The van der Waals surface area contributed by atoms with Crippen molar-refractivity contribution in [1.82, 2.24) is 0 Å². The van der Waals surface area contributed by atoms with E-state index in [1.54, 1.807) is 66.7 Å². The predicted molar refractivity (Wildman–Crippen MR) is 137 cm³/mol. The maximum atomic E-state index is 12.8. The lowest BCUT2D eigenvalue weighted by atomic mass is 10.0. The molecule has 0 aliphatic carbocycles. The number of methoxy groups -OCH3 is 1. The van der Waals surface area contributed by atoms with Gasteiger partial charge in [-0.25, -0.2) is 4.79 Å². The summed E-state index contributed by atoms with van der Waals surface area (Å²) >= 11 is 12.3. The summed E-state index contributed by atoms with van der Waals surface area (Å²) in [5.41, 5.74) is 1.95. The highest BCUT2D eigenvalue weighted by molar-refractivity contribution is 6.43. The fourth-order valence-corrected chi connectivity index (χ4v) is 4.13. The number of halogens is 2. The number of nitrogens with one attached hydrogen (secondary N) is 1. The van der Waals surface area contributed by atoms with Gasteiger partial charge in [0.25, 0.3) is 5.91 Å². The van der Waals surface area contributed by atoms with Crippen LogP contribution in [0.1, 0.15) is 10.6 Å². The standard InChI is InChI=1S/C27H17Cl2NO5/c1-33-24-14-16(9-10-17(24)19-13-15-5-2-3-8-21(15)35-27(19)32)30-26(31)23-12-11-22(34-23)18-6-4-7-20(28)25(18)29/h2-14H,1H3,(H,30,31). The van der Waals surface area contributed by atoms with Gasteiger partial charge in [0.05, 0.1) is 22.7 Å². The minimum absolute atomic E-state index is 0.0919. The predicted octanol–water partition coefficient (Wildman–Crippen LogP) is 7.29. The van der Waals surface area contributed by atoms with Gasteiger partial charge >= 0.3 is 5.63 Å². The van der Waals surface area contributed by atoms with Gasteiger partial charge in [-0.05, 0) is 48.5 Å². The lowest BCUT2D eigenvalue weighted by Crippen LogP contribution is -2.11. The second-order valence-corrected chi connectivity index (χ2v) is 8.40. The minimum atomic E-state index is -0.485. The molecule has 0 spiro atoms. The second-order valence-electron chi connectivity index (χ2n) is 7.62. The van der Waals surface area contributed by atoms with Crippen LogP contribution in [0.2, 0.25) is 10.0 Å². The Bertz CT molecular complexity index is 1640. The van der Waals surface area contributed by atoms with Gasteiger partial charge in [0, 0.05) is 28.3 Å². The van der Waals surface area contributed by atoms with E-state index in [0.717, 1.165) is 5.39 Å². The molecule has 2 heterocycles. The fourth-order valence-electron chi connectivity index (χ4n) is 3.73. The van der Waals surface area contributed by atoms with Crippen LogP contribution in [-0.2, 0) is 0 Å². The molecule has 174 valence electrons. The number of fused-ring (bicyclic) bond motifs is 1. The zero-order chi connectivity index (χ0) is 24.5. The second kappa shape index (κ2) is 9.33. The molecule has 3 aromatic carbocycles. The zero-order valence-corrected chi connectivity index (χ0v) is 19.8. The van der Waals surface area contributed by atoms with Gasteiger partial charge in [0.15, 0.2) is 5.76 Å². The molecule has 0 saturated carbocycles. The first-order valence-corrected chi connectivity index (χ1v) is 11.3. The lowest BCUT2D eigenvalue weighted by Gasteiger charge is -2.11. The molecule has 1 N–H and O–H groups in total. The van der Waals surface area contributed by atoms with Crippen molar-refractivity contribution >= 4 is 45.8 Å². The van der Waals surface area contributed by atoms with E-state index >= 15 is 0 Å². The highest BCUT2D eigenvalue weighted by atomic mass is 35.5. The normalized spacial score (nSPS) is 10.9. The summed E-state index contributed by atoms with van der Waals surface area (Å²) in [5, 5.41) is 4.29. The van der Waals surface area contributed by atoms with Crippen LogP contribution in [0.25, 0.3) is 33.4 Å². The molecule has 0 radical (unpaired) electrons. The van der Waals surface area contributed by atoms with E-state index in [0.29, 0.717) is 49.5 Å². The maximum absolute atomic E-state index is 12.8. The van der Waals surface area contributed by atoms with E-state index in [-0.39, 0.29) is 5.76 Å². The first kappa shape index (κ1) is 22.8. The van der Waals surface area contributed by atoms with E-state index in [2.05, 4.69) is 5.32 Å². The number of amides is 1. The molecule has 0 aliphatic heterocycles. The van der Waals surface area contributed by atoms with E-state index in [1.165, 1.54) is 7.11 Å². The first-order chi connectivity index (χ1) is 16.9. The van der Waals surface area contributed by atoms with Crippen molar-refractivity contribution < 1.29 is 18.4 Å². The molecule has 35 heavy (non-hydrogen) atoms. The van der Waals surface area contributed by atoms with E-state index < -0.39 is 11.5 Å². The molecule has 2 aromatic heterocycles. The molecule has 5 rings (SSSR count). The number of hydrogen-bond acceptors (Lipinski definition) is 5. The number of ether oxygens (including phenoxy) is 1. The fraction of sp³-hybridized carbons (Fsp3) is 0.0370. The van der Waals surface area contributed by atoms with Gasteiger partial charge in [-0.3, -0.25) is 4.79 Å². The van der Waals surface area contributed by atoms with Gasteiger partial charge in [0.2, 0.25) is 0 Å². The molecule has 0 saturated heterocycles. The Kier molecular flexibility index (Phi) is 6.07. The summed E-state index contributed by atoms with van der Waals surface area (Å²) in [4.78, 5) is 25.4. The quantitative estimate of drug-likeness (QED) is 0.253. The van der Waals surface area contributed by atoms with E-state index in [1.807, 2.05) is 12.1 Å². The van der Waals surface area contributed by atoms with Crippen molar-refractivity contribution in [3.8, 4) is 28.2 Å². The number of anilines is 1. The number of carbonyl (C=O) groups is 1. The van der Waals surface area contributed by atoms with Crippen molar-refractivity contribution in [2.24, 2.45) is 0 Å². The Morgan fingerprint density at radius 1 is 0.857 bits per heavy atom. The Hall–Kier alpha value is -4.00. The summed E-state index contributed by atoms with van der Waals surface area (Å²) in [7, 11) is 1.49. The molecule has 6 nitrogen and oxygen atoms in total. The van der Waals surface area contributed by atoms with Gasteiger partial charge < -0.3 is 18.9 Å². The van der Waals surface area contributed by atoms with Crippen LogP contribution >= 0.6 is 23.2 Å². The molecular weight excluding hydrogens is 489 g/mol. The summed E-state index contributed by atoms with van der Waals surface area (Å²) in [6.07, 6.45) is 0. The summed E-state index contributed by atoms with van der Waals surface area (Å²) in [6, 6.07) is 22.4. The number of furan rings is 1.